The lowest BCUT2D eigenvalue weighted by molar-refractivity contribution is -0.150. The number of nitrogens with zero attached hydrogens (tertiary/aromatic N) is 1. The lowest BCUT2D eigenvalue weighted by Crippen LogP contribution is -2.31. The number of amides is 1. The van der Waals surface area contributed by atoms with Gasteiger partial charge in [-0.1, -0.05) is 35.9 Å². The second-order valence-corrected chi connectivity index (χ2v) is 5.72. The van der Waals surface area contributed by atoms with Crippen LogP contribution in [0.15, 0.2) is 48.5 Å². The fraction of sp³-hybridized carbons (Fsp3) is 0.211. The predicted molar refractivity (Wildman–Crippen MR) is 95.8 cm³/mol. The van der Waals surface area contributed by atoms with E-state index in [4.69, 9.17) is 26.3 Å². The predicted octanol–water partition coefficient (Wildman–Crippen LogP) is 2.49. The summed E-state index contributed by atoms with van der Waals surface area (Å²) in [6, 6.07) is 15.8. The van der Waals surface area contributed by atoms with Crippen LogP contribution in [0.5, 0.6) is 5.75 Å². The molecule has 134 valence electrons. The van der Waals surface area contributed by atoms with Crippen molar-refractivity contribution < 1.29 is 19.1 Å². The first-order valence-corrected chi connectivity index (χ1v) is 8.25. The van der Waals surface area contributed by atoms with E-state index in [2.05, 4.69) is 5.32 Å². The van der Waals surface area contributed by atoms with Gasteiger partial charge in [0.05, 0.1) is 5.56 Å². The molecule has 6 nitrogen and oxygen atoms in total. The molecule has 1 N–H and O–H groups in total. The van der Waals surface area contributed by atoms with Gasteiger partial charge in [-0.05, 0) is 36.2 Å². The zero-order chi connectivity index (χ0) is 18.8. The zero-order valence-corrected chi connectivity index (χ0v) is 14.7. The number of carbonyl (C=O) groups is 2. The molecule has 0 fully saturated rings. The molecule has 0 spiro atoms. The van der Waals surface area contributed by atoms with Crippen LogP contribution in [0.1, 0.15) is 11.1 Å². The van der Waals surface area contributed by atoms with Crippen LogP contribution < -0.4 is 10.1 Å². The topological polar surface area (TPSA) is 88.4 Å². The number of rotatable bonds is 8. The fourth-order valence-electron chi connectivity index (χ4n) is 2.10. The number of nitriles is 1. The molecule has 7 heteroatoms. The monoisotopic (exact) mass is 372 g/mol. The standard InChI is InChI=1S/C19H17ClN2O4/c20-16-6-3-4-14(10-16)8-9-22-18(23)12-26-19(24)13-25-17-7-2-1-5-15(17)11-21/h1-7,10H,8-9,12-13H2,(H,22,23). The number of carbonyl (C=O) groups excluding carboxylic acids is 2. The van der Waals surface area contributed by atoms with Gasteiger partial charge >= 0.3 is 5.97 Å². The maximum Gasteiger partial charge on any atom is 0.344 e. The number of hydrogen-bond donors (Lipinski definition) is 1. The average Bonchev–Trinajstić information content (AvgIpc) is 2.65. The first-order valence-electron chi connectivity index (χ1n) is 7.87. The minimum absolute atomic E-state index is 0.290. The van der Waals surface area contributed by atoms with E-state index < -0.39 is 18.5 Å². The molecule has 2 aromatic rings. The molecular weight excluding hydrogens is 356 g/mol. The SMILES string of the molecule is N#Cc1ccccc1OCC(=O)OCC(=O)NCCc1cccc(Cl)c1. The first kappa shape index (κ1) is 19.3. The Hall–Kier alpha value is -3.04. The van der Waals surface area contributed by atoms with E-state index in [-0.39, 0.29) is 12.4 Å². The van der Waals surface area contributed by atoms with Crippen molar-refractivity contribution >= 4 is 23.5 Å². The summed E-state index contributed by atoms with van der Waals surface area (Å²) in [7, 11) is 0. The van der Waals surface area contributed by atoms with Gasteiger partial charge in [0.1, 0.15) is 11.8 Å². The summed E-state index contributed by atoms with van der Waals surface area (Å²) in [4.78, 5) is 23.3. The highest BCUT2D eigenvalue weighted by Crippen LogP contribution is 2.16. The third kappa shape index (κ3) is 6.46. The van der Waals surface area contributed by atoms with E-state index in [1.54, 1.807) is 30.3 Å². The summed E-state index contributed by atoms with van der Waals surface area (Å²) in [5.74, 6) is -0.807. The zero-order valence-electron chi connectivity index (χ0n) is 13.9. The average molecular weight is 373 g/mol. The van der Waals surface area contributed by atoms with Crippen molar-refractivity contribution in [2.24, 2.45) is 0 Å². The highest BCUT2D eigenvalue weighted by molar-refractivity contribution is 6.30. The number of hydrogen-bond acceptors (Lipinski definition) is 5. The van der Waals surface area contributed by atoms with Crippen LogP contribution in [0.2, 0.25) is 5.02 Å². The van der Waals surface area contributed by atoms with Crippen molar-refractivity contribution in [2.75, 3.05) is 19.8 Å². The smallest absolute Gasteiger partial charge is 0.344 e. The molecule has 0 aliphatic heterocycles. The Morgan fingerprint density at radius 3 is 2.69 bits per heavy atom. The van der Waals surface area contributed by atoms with Crippen molar-refractivity contribution in [3.8, 4) is 11.8 Å². The van der Waals surface area contributed by atoms with E-state index >= 15 is 0 Å². The van der Waals surface area contributed by atoms with Gasteiger partial charge in [-0.3, -0.25) is 4.79 Å². The van der Waals surface area contributed by atoms with Gasteiger partial charge in [0, 0.05) is 11.6 Å². The minimum atomic E-state index is -0.692. The molecule has 1 amide bonds. The van der Waals surface area contributed by atoms with E-state index in [0.717, 1.165) is 5.56 Å². The van der Waals surface area contributed by atoms with Crippen molar-refractivity contribution in [3.63, 3.8) is 0 Å². The Bertz CT molecular complexity index is 817. The largest absolute Gasteiger partial charge is 0.481 e. The maximum atomic E-state index is 11.7. The van der Waals surface area contributed by atoms with Crippen LogP contribution in [0, 0.1) is 11.3 Å². The van der Waals surface area contributed by atoms with Crippen molar-refractivity contribution in [1.29, 1.82) is 5.26 Å². The Morgan fingerprint density at radius 2 is 1.92 bits per heavy atom. The van der Waals surface area contributed by atoms with Gasteiger partial charge in [0.25, 0.3) is 5.91 Å². The first-order chi connectivity index (χ1) is 12.6. The molecule has 0 atom stereocenters. The molecule has 0 radical (unpaired) electrons. The van der Waals surface area contributed by atoms with Crippen LogP contribution >= 0.6 is 11.6 Å². The Morgan fingerprint density at radius 1 is 1.12 bits per heavy atom. The third-order valence-electron chi connectivity index (χ3n) is 3.34. The molecule has 0 heterocycles. The van der Waals surface area contributed by atoms with Gasteiger partial charge in [-0.2, -0.15) is 5.26 Å². The number of halogens is 1. The quantitative estimate of drug-likeness (QED) is 0.719. The number of nitrogens with one attached hydrogen (secondary N) is 1. The molecule has 2 aromatic carbocycles. The highest BCUT2D eigenvalue weighted by Gasteiger charge is 2.10. The molecule has 0 aromatic heterocycles. The van der Waals surface area contributed by atoms with E-state index in [9.17, 15) is 9.59 Å². The lowest BCUT2D eigenvalue weighted by atomic mass is 10.1. The number of para-hydroxylation sites is 1. The molecule has 0 bridgehead atoms. The van der Waals surface area contributed by atoms with Crippen LogP contribution in [0.3, 0.4) is 0 Å². The van der Waals surface area contributed by atoms with E-state index in [0.29, 0.717) is 23.6 Å². The number of benzene rings is 2. The molecule has 0 unspecified atom stereocenters. The van der Waals surface area contributed by atoms with Gasteiger partial charge < -0.3 is 14.8 Å². The summed E-state index contributed by atoms with van der Waals surface area (Å²) in [5.41, 5.74) is 1.32. The Labute approximate surface area is 156 Å². The molecular formula is C19H17ClN2O4. The van der Waals surface area contributed by atoms with Crippen molar-refractivity contribution in [1.82, 2.24) is 5.32 Å². The maximum absolute atomic E-state index is 11.7. The Balaban J connectivity index is 1.65. The second-order valence-electron chi connectivity index (χ2n) is 5.29. The van der Waals surface area contributed by atoms with Gasteiger partial charge in [0.15, 0.2) is 13.2 Å². The van der Waals surface area contributed by atoms with Crippen molar-refractivity contribution in [2.45, 2.75) is 6.42 Å². The summed E-state index contributed by atoms with van der Waals surface area (Å²) in [6.45, 7) is -0.366. The van der Waals surface area contributed by atoms with Crippen LogP contribution in [-0.4, -0.2) is 31.6 Å². The number of ether oxygens (including phenoxy) is 2. The van der Waals surface area contributed by atoms with Gasteiger partial charge in [-0.25, -0.2) is 4.79 Å². The van der Waals surface area contributed by atoms with Crippen LogP contribution in [-0.2, 0) is 20.7 Å². The van der Waals surface area contributed by atoms with Gasteiger partial charge in [-0.15, -0.1) is 0 Å². The molecule has 0 saturated heterocycles. The summed E-state index contributed by atoms with van der Waals surface area (Å²) in [5, 5.41) is 12.2. The lowest BCUT2D eigenvalue weighted by Gasteiger charge is -2.09. The van der Waals surface area contributed by atoms with Crippen LogP contribution in [0.25, 0.3) is 0 Å². The van der Waals surface area contributed by atoms with Gasteiger partial charge in [0.2, 0.25) is 0 Å². The van der Waals surface area contributed by atoms with E-state index in [1.165, 1.54) is 0 Å². The second kappa shape index (κ2) is 10.1. The van der Waals surface area contributed by atoms with Crippen molar-refractivity contribution in [3.05, 3.63) is 64.7 Å². The Kier molecular flexibility index (Phi) is 7.47. The van der Waals surface area contributed by atoms with Crippen LogP contribution in [0.4, 0.5) is 0 Å². The highest BCUT2D eigenvalue weighted by atomic mass is 35.5. The molecule has 2 rings (SSSR count). The molecule has 0 saturated carbocycles. The summed E-state index contributed by atoms with van der Waals surface area (Å²) < 4.78 is 10.1. The normalized spacial score (nSPS) is 9.85. The molecule has 26 heavy (non-hydrogen) atoms. The molecule has 0 aliphatic rings. The fourth-order valence-corrected chi connectivity index (χ4v) is 2.31. The summed E-state index contributed by atoms with van der Waals surface area (Å²) in [6.07, 6.45) is 0.619. The molecule has 0 aliphatic carbocycles. The van der Waals surface area contributed by atoms with E-state index in [1.807, 2.05) is 24.3 Å². The number of esters is 1. The third-order valence-corrected chi connectivity index (χ3v) is 3.58. The summed E-state index contributed by atoms with van der Waals surface area (Å²) >= 11 is 5.89. The minimum Gasteiger partial charge on any atom is -0.481 e.